The minimum absolute atomic E-state index is 0.0106. The molecule has 5 atom stereocenters. The molecule has 2 fully saturated rings. The van der Waals surface area contributed by atoms with Crippen molar-refractivity contribution in [3.05, 3.63) is 52.8 Å². The van der Waals surface area contributed by atoms with Crippen LogP contribution in [-0.2, 0) is 0 Å². The van der Waals surface area contributed by atoms with Crippen molar-refractivity contribution in [3.8, 4) is 11.5 Å². The lowest BCUT2D eigenvalue weighted by Crippen LogP contribution is -2.53. The van der Waals surface area contributed by atoms with E-state index in [0.717, 1.165) is 6.42 Å². The molecule has 1 amide bonds. The van der Waals surface area contributed by atoms with Crippen LogP contribution in [0.5, 0.6) is 11.5 Å². The average Bonchev–Trinajstić information content (AvgIpc) is 3.30. The molecule has 0 bridgehead atoms. The van der Waals surface area contributed by atoms with Gasteiger partial charge in [0, 0.05) is 53.9 Å². The maximum absolute atomic E-state index is 12.6. The lowest BCUT2D eigenvalue weighted by Gasteiger charge is -2.35. The highest BCUT2D eigenvalue weighted by Crippen LogP contribution is 2.38. The Morgan fingerprint density at radius 2 is 1.71 bits per heavy atom. The predicted molar refractivity (Wildman–Crippen MR) is 158 cm³/mol. The number of phenolic OH excluding ortho intramolecular Hbond substituents is 2. The molecule has 12 N–H and O–H groups in total. The van der Waals surface area contributed by atoms with Gasteiger partial charge in [-0.2, -0.15) is 15.0 Å². The maximum atomic E-state index is 12.6. The summed E-state index contributed by atoms with van der Waals surface area (Å²) in [6, 6.07) is 8.54. The molecule has 0 spiro atoms. The lowest BCUT2D eigenvalue weighted by molar-refractivity contribution is 0.102. The van der Waals surface area contributed by atoms with Crippen molar-refractivity contribution in [2.75, 3.05) is 35.2 Å². The Bertz CT molecular complexity index is 1420. The Morgan fingerprint density at radius 1 is 0.951 bits per heavy atom. The van der Waals surface area contributed by atoms with Gasteiger partial charge in [0.05, 0.1) is 11.3 Å². The fraction of sp³-hybridized carbons (Fsp3) is 0.407. The number of nitrogens with one attached hydrogen (secondary N) is 2. The van der Waals surface area contributed by atoms with E-state index in [1.807, 2.05) is 4.90 Å². The van der Waals surface area contributed by atoms with E-state index >= 15 is 0 Å². The third kappa shape index (κ3) is 6.60. The summed E-state index contributed by atoms with van der Waals surface area (Å²) < 4.78 is 0. The Hall–Kier alpha value is -3.75. The second-order valence-electron chi connectivity index (χ2n) is 10.8. The summed E-state index contributed by atoms with van der Waals surface area (Å²) in [6.45, 7) is 1.58. The van der Waals surface area contributed by atoms with E-state index in [-0.39, 0.29) is 58.7 Å². The first-order valence-corrected chi connectivity index (χ1v) is 13.8. The number of nitrogens with two attached hydrogens (primary N) is 4. The van der Waals surface area contributed by atoms with E-state index < -0.39 is 5.91 Å². The number of hydrogen-bond acceptors (Lipinski definition) is 12. The molecule has 1 saturated heterocycles. The molecule has 2 aromatic carbocycles. The molecule has 5 rings (SSSR count). The Morgan fingerprint density at radius 3 is 2.39 bits per heavy atom. The van der Waals surface area contributed by atoms with Crippen molar-refractivity contribution in [2.24, 2.45) is 28.9 Å². The molecule has 3 aromatic rings. The van der Waals surface area contributed by atoms with Crippen LogP contribution in [0.3, 0.4) is 0 Å². The zero-order chi connectivity index (χ0) is 29.3. The first kappa shape index (κ1) is 28.8. The molecule has 1 aromatic heterocycles. The number of anilines is 4. The molecule has 1 aliphatic heterocycles. The summed E-state index contributed by atoms with van der Waals surface area (Å²) in [7, 11) is 0. The number of rotatable bonds is 7. The first-order valence-electron chi connectivity index (χ1n) is 13.5. The van der Waals surface area contributed by atoms with Crippen molar-refractivity contribution < 1.29 is 15.0 Å². The number of benzene rings is 2. The highest BCUT2D eigenvalue weighted by atomic mass is 35.5. The highest BCUT2D eigenvalue weighted by Gasteiger charge is 2.36. The van der Waals surface area contributed by atoms with Gasteiger partial charge in [-0.05, 0) is 62.1 Å². The van der Waals surface area contributed by atoms with Gasteiger partial charge in [0.15, 0.2) is 0 Å². The van der Waals surface area contributed by atoms with E-state index in [2.05, 4.69) is 15.6 Å². The molecule has 1 unspecified atom stereocenters. The van der Waals surface area contributed by atoms with E-state index in [0.29, 0.717) is 55.0 Å². The Kier molecular flexibility index (Phi) is 8.42. The van der Waals surface area contributed by atoms with Crippen LogP contribution >= 0.6 is 11.6 Å². The van der Waals surface area contributed by atoms with Crippen molar-refractivity contribution in [1.82, 2.24) is 15.0 Å². The van der Waals surface area contributed by atoms with Crippen molar-refractivity contribution in [2.45, 2.75) is 43.3 Å². The number of piperidine rings is 1. The fourth-order valence-electron chi connectivity index (χ4n) is 5.56. The summed E-state index contributed by atoms with van der Waals surface area (Å²) >= 11 is 5.85. The molecular weight excluding hydrogens is 548 g/mol. The number of amides is 1. The quantitative estimate of drug-likeness (QED) is 0.186. The van der Waals surface area contributed by atoms with Crippen LogP contribution in [0.1, 0.15) is 41.4 Å². The molecular formula is C27H35ClN10O3. The van der Waals surface area contributed by atoms with Gasteiger partial charge in [0.25, 0.3) is 5.91 Å². The molecule has 13 nitrogen and oxygen atoms in total. The van der Waals surface area contributed by atoms with Crippen molar-refractivity contribution >= 4 is 40.8 Å². The van der Waals surface area contributed by atoms with Gasteiger partial charge in [-0.3, -0.25) is 4.79 Å². The van der Waals surface area contributed by atoms with Crippen LogP contribution in [0.15, 0.2) is 36.4 Å². The smallest absolute Gasteiger partial charge is 0.259 e. The summed E-state index contributed by atoms with van der Waals surface area (Å²) in [4.78, 5) is 28.8. The topological polar surface area (TPSA) is 228 Å². The summed E-state index contributed by atoms with van der Waals surface area (Å²) in [6.07, 6.45) is 2.22. The Balaban J connectivity index is 1.40. The van der Waals surface area contributed by atoms with Crippen LogP contribution in [0.2, 0.25) is 5.02 Å². The van der Waals surface area contributed by atoms with Gasteiger partial charge in [0.2, 0.25) is 11.9 Å². The summed E-state index contributed by atoms with van der Waals surface area (Å²) in [5, 5.41) is 26.7. The van der Waals surface area contributed by atoms with Gasteiger partial charge in [0.1, 0.15) is 17.3 Å². The fourth-order valence-corrected chi connectivity index (χ4v) is 5.73. The minimum Gasteiger partial charge on any atom is -0.507 e. The average molecular weight is 583 g/mol. The second-order valence-corrected chi connectivity index (χ2v) is 11.2. The monoisotopic (exact) mass is 582 g/mol. The number of aromatic nitrogens is 3. The number of phenols is 2. The number of aromatic hydroxyl groups is 2. The van der Waals surface area contributed by atoms with Gasteiger partial charge in [-0.25, -0.2) is 0 Å². The molecule has 2 aliphatic rings. The molecule has 41 heavy (non-hydrogen) atoms. The highest BCUT2D eigenvalue weighted by molar-refractivity contribution is 6.31. The maximum Gasteiger partial charge on any atom is 0.259 e. The number of halogens is 1. The molecule has 0 radical (unpaired) electrons. The molecule has 218 valence electrons. The van der Waals surface area contributed by atoms with Gasteiger partial charge in [-0.1, -0.05) is 11.6 Å². The van der Waals surface area contributed by atoms with Crippen molar-refractivity contribution in [3.63, 3.8) is 0 Å². The Labute approximate surface area is 242 Å². The number of carbonyl (C=O) groups is 1. The number of hydrogen-bond donors (Lipinski definition) is 8. The molecule has 1 saturated carbocycles. The van der Waals surface area contributed by atoms with E-state index in [1.165, 1.54) is 30.3 Å². The predicted octanol–water partition coefficient (Wildman–Crippen LogP) is 1.58. The van der Waals surface area contributed by atoms with Crippen LogP contribution in [0.4, 0.5) is 23.3 Å². The van der Waals surface area contributed by atoms with Crippen LogP contribution in [0.25, 0.3) is 0 Å². The van der Waals surface area contributed by atoms with E-state index in [9.17, 15) is 15.0 Å². The third-order valence-corrected chi connectivity index (χ3v) is 7.75. The summed E-state index contributed by atoms with van der Waals surface area (Å²) in [5.41, 5.74) is 25.4. The molecule has 1 aliphatic carbocycles. The van der Waals surface area contributed by atoms with Gasteiger partial charge < -0.3 is 48.7 Å². The standard InChI is InChI=1S/C27H35ClN10O3/c28-14-1-3-19(22(39)6-14)25(41)34-21-4-2-18(9-23(21)40)33-26-35-24(20-8-15(30)5-13(20)10-29)36-27(37-26)38-11-16(31)7-17(32)12-38/h1-4,6,9,13,15-17,20,39-40H,5,7-8,10-12,29-32H2,(H,34,41)(H,33,35,36,37)/t13-,15-,16-,17+,20?/m0/s1. The van der Waals surface area contributed by atoms with Crippen molar-refractivity contribution in [1.29, 1.82) is 0 Å². The number of carbonyl (C=O) groups excluding carboxylic acids is 1. The first-order chi connectivity index (χ1) is 19.6. The largest absolute Gasteiger partial charge is 0.507 e. The lowest BCUT2D eigenvalue weighted by atomic mass is 9.95. The van der Waals surface area contributed by atoms with E-state index in [1.54, 1.807) is 6.07 Å². The van der Waals surface area contributed by atoms with Gasteiger partial charge in [-0.15, -0.1) is 0 Å². The van der Waals surface area contributed by atoms with E-state index in [4.69, 9.17) is 44.5 Å². The minimum atomic E-state index is -0.607. The van der Waals surface area contributed by atoms with Crippen LogP contribution in [-0.4, -0.2) is 68.8 Å². The van der Waals surface area contributed by atoms with Gasteiger partial charge >= 0.3 is 0 Å². The zero-order valence-electron chi connectivity index (χ0n) is 22.4. The number of nitrogens with zero attached hydrogens (tertiary/aromatic N) is 4. The third-order valence-electron chi connectivity index (χ3n) is 7.51. The normalized spacial score (nSPS) is 24.3. The van der Waals surface area contributed by atoms with Crippen LogP contribution in [0, 0.1) is 5.92 Å². The van der Waals surface area contributed by atoms with Crippen LogP contribution < -0.4 is 38.5 Å². The molecule has 14 heteroatoms. The summed E-state index contributed by atoms with van der Waals surface area (Å²) in [5.74, 6) is 0.347. The molecule has 2 heterocycles. The zero-order valence-corrected chi connectivity index (χ0v) is 23.1. The SMILES string of the molecule is NC[C@@H]1C[C@H](N)CC1c1nc(Nc2ccc(NC(=O)c3ccc(Cl)cc3O)c(O)c2)nc(N2C[C@H](N)C[C@H](N)C2)n1. The second kappa shape index (κ2) is 12.0.